The first-order valence-corrected chi connectivity index (χ1v) is 12.8. The van der Waals surface area contributed by atoms with Crippen LogP contribution in [0.4, 0.5) is 14.5 Å². The van der Waals surface area contributed by atoms with Gasteiger partial charge in [-0.25, -0.2) is 8.78 Å². The molecule has 9 heteroatoms. The van der Waals surface area contributed by atoms with E-state index in [4.69, 9.17) is 16.7 Å². The number of carbonyl (C=O) groups is 2. The highest BCUT2D eigenvalue weighted by molar-refractivity contribution is 6.30. The molecule has 4 rings (SSSR count). The third kappa shape index (κ3) is 7.97. The first-order chi connectivity index (χ1) is 17.3. The second kappa shape index (κ2) is 11.9. The van der Waals surface area contributed by atoms with Gasteiger partial charge in [-0.3, -0.25) is 9.59 Å². The number of aliphatic hydroxyl groups is 1. The molecule has 3 atom stereocenters. The molecule has 2 amide bonds. The van der Waals surface area contributed by atoms with E-state index in [1.165, 1.54) is 6.07 Å². The summed E-state index contributed by atoms with van der Waals surface area (Å²) in [6.07, 6.45) is 2.78. The lowest BCUT2D eigenvalue weighted by atomic mass is 9.77. The Kier molecular flexibility index (Phi) is 9.32. The number of hydrogen-bond acceptors (Lipinski definition) is 4. The minimum Gasteiger partial charge on any atom is -0.390 e. The van der Waals surface area contributed by atoms with Crippen molar-refractivity contribution in [2.75, 3.05) is 11.9 Å². The fourth-order valence-corrected chi connectivity index (χ4v) is 5.35. The van der Waals surface area contributed by atoms with E-state index in [1.807, 2.05) is 0 Å². The minimum atomic E-state index is -0.897. The molecule has 0 aromatic heterocycles. The number of halogens is 3. The Morgan fingerprint density at radius 2 is 1.89 bits per heavy atom. The van der Waals surface area contributed by atoms with Crippen molar-refractivity contribution in [2.24, 2.45) is 11.3 Å². The predicted octanol–water partition coefficient (Wildman–Crippen LogP) is 5.01. The Morgan fingerprint density at radius 1 is 1.22 bits per heavy atom. The van der Waals surface area contributed by atoms with Gasteiger partial charge in [-0.2, -0.15) is 0 Å². The van der Waals surface area contributed by atoms with Gasteiger partial charge in [-0.1, -0.05) is 50.6 Å². The molecular formula is C28H36ClF2N3O3. The second-order valence-corrected chi connectivity index (χ2v) is 11.9. The van der Waals surface area contributed by atoms with Crippen molar-refractivity contribution in [2.45, 2.75) is 70.6 Å². The van der Waals surface area contributed by atoms with E-state index in [2.05, 4.69) is 36.7 Å². The summed E-state index contributed by atoms with van der Waals surface area (Å²) in [6, 6.07) is 11.1. The van der Waals surface area contributed by atoms with Crippen LogP contribution in [0.2, 0.25) is 5.02 Å². The highest BCUT2D eigenvalue weighted by Gasteiger charge is 2.44. The third-order valence-corrected chi connectivity index (χ3v) is 6.99. The summed E-state index contributed by atoms with van der Waals surface area (Å²) in [5.74, 6) is -3.00. The van der Waals surface area contributed by atoms with Crippen LogP contribution in [-0.4, -0.2) is 41.7 Å². The van der Waals surface area contributed by atoms with E-state index < -0.39 is 29.1 Å². The molecule has 202 valence electrons. The molecule has 37 heavy (non-hydrogen) atoms. The van der Waals surface area contributed by atoms with Crippen molar-refractivity contribution >= 4 is 29.6 Å². The van der Waals surface area contributed by atoms with Gasteiger partial charge in [-0.05, 0) is 61.4 Å². The topological polar surface area (TPSA) is 90.5 Å². The molecule has 0 spiro atoms. The SMILES string of the molecule is CC(C)(C)CC1NCC(c2cccc(F)c2F)C1C(=O)Nc1cccc(Cl)c1.CC1(O)CC(NC=O)C1. The molecule has 3 unspecified atom stereocenters. The van der Waals surface area contributed by atoms with E-state index >= 15 is 0 Å². The van der Waals surface area contributed by atoms with Crippen molar-refractivity contribution in [1.82, 2.24) is 10.6 Å². The van der Waals surface area contributed by atoms with Crippen LogP contribution in [0.15, 0.2) is 42.5 Å². The Labute approximate surface area is 222 Å². The summed E-state index contributed by atoms with van der Waals surface area (Å²) < 4.78 is 28.3. The van der Waals surface area contributed by atoms with Gasteiger partial charge in [0.15, 0.2) is 11.6 Å². The minimum absolute atomic E-state index is 0.0262. The largest absolute Gasteiger partial charge is 0.390 e. The maximum atomic E-state index is 14.5. The van der Waals surface area contributed by atoms with Gasteiger partial charge in [-0.15, -0.1) is 0 Å². The van der Waals surface area contributed by atoms with Crippen molar-refractivity contribution in [3.05, 3.63) is 64.7 Å². The third-order valence-electron chi connectivity index (χ3n) is 6.75. The monoisotopic (exact) mass is 535 g/mol. The normalized spacial score (nSPS) is 26.9. The molecule has 0 radical (unpaired) electrons. The van der Waals surface area contributed by atoms with Crippen LogP contribution in [0.1, 0.15) is 58.4 Å². The quantitative estimate of drug-likeness (QED) is 0.391. The molecule has 2 aliphatic rings. The highest BCUT2D eigenvalue weighted by atomic mass is 35.5. The summed E-state index contributed by atoms with van der Waals surface area (Å²) in [6.45, 7) is 8.47. The molecule has 1 heterocycles. The lowest BCUT2D eigenvalue weighted by molar-refractivity contribution is -0.120. The number of benzene rings is 2. The van der Waals surface area contributed by atoms with Crippen molar-refractivity contribution in [3.8, 4) is 0 Å². The maximum Gasteiger partial charge on any atom is 0.229 e. The summed E-state index contributed by atoms with van der Waals surface area (Å²) in [4.78, 5) is 23.0. The van der Waals surface area contributed by atoms with Crippen molar-refractivity contribution in [3.63, 3.8) is 0 Å². The molecule has 0 bridgehead atoms. The Balaban J connectivity index is 0.000000356. The van der Waals surface area contributed by atoms with Gasteiger partial charge in [0, 0.05) is 35.3 Å². The van der Waals surface area contributed by atoms with Gasteiger partial charge < -0.3 is 21.1 Å². The summed E-state index contributed by atoms with van der Waals surface area (Å²) in [5.41, 5.74) is 0.259. The average molecular weight is 536 g/mol. The zero-order valence-corrected chi connectivity index (χ0v) is 22.4. The zero-order valence-electron chi connectivity index (χ0n) is 21.7. The van der Waals surface area contributed by atoms with Crippen LogP contribution < -0.4 is 16.0 Å². The van der Waals surface area contributed by atoms with Crippen LogP contribution in [0.3, 0.4) is 0 Å². The number of nitrogens with one attached hydrogen (secondary N) is 3. The molecule has 1 aliphatic heterocycles. The summed E-state index contributed by atoms with van der Waals surface area (Å²) in [5, 5.41) is 18.5. The Hall–Kier alpha value is -2.55. The molecule has 6 nitrogen and oxygen atoms in total. The first-order valence-electron chi connectivity index (χ1n) is 12.5. The number of rotatable bonds is 6. The van der Waals surface area contributed by atoms with E-state index in [9.17, 15) is 18.4 Å². The van der Waals surface area contributed by atoms with Gasteiger partial charge in [0.2, 0.25) is 12.3 Å². The van der Waals surface area contributed by atoms with E-state index in [-0.39, 0.29) is 29.0 Å². The lowest BCUT2D eigenvalue weighted by Gasteiger charge is -2.40. The summed E-state index contributed by atoms with van der Waals surface area (Å²) >= 11 is 6.01. The lowest BCUT2D eigenvalue weighted by Crippen LogP contribution is -2.51. The highest BCUT2D eigenvalue weighted by Crippen LogP contribution is 2.39. The maximum absolute atomic E-state index is 14.5. The van der Waals surface area contributed by atoms with Gasteiger partial charge in [0.1, 0.15) is 0 Å². The molecular weight excluding hydrogens is 500 g/mol. The standard InChI is InChI=1S/C22H25ClF2N2O.C6H11NO2/c1-22(2,3)11-18-19(21(28)27-14-7-4-6-13(23)10-14)16(12-26-18)15-8-5-9-17(24)20(15)25;1-6(9)2-5(3-6)7-4-8/h4-10,16,18-19,26H,11-12H2,1-3H3,(H,27,28);4-5,9H,2-3H2,1H3,(H,7,8). The average Bonchev–Trinajstić information content (AvgIpc) is 3.17. The number of anilines is 1. The van der Waals surface area contributed by atoms with Gasteiger partial charge >= 0.3 is 0 Å². The van der Waals surface area contributed by atoms with E-state index in [0.717, 1.165) is 12.5 Å². The number of amides is 2. The number of hydrogen-bond donors (Lipinski definition) is 4. The Morgan fingerprint density at radius 3 is 2.49 bits per heavy atom. The molecule has 2 aromatic carbocycles. The van der Waals surface area contributed by atoms with Crippen LogP contribution in [-0.2, 0) is 9.59 Å². The van der Waals surface area contributed by atoms with Crippen LogP contribution in [0.5, 0.6) is 0 Å². The van der Waals surface area contributed by atoms with Crippen molar-refractivity contribution in [1.29, 1.82) is 0 Å². The summed E-state index contributed by atoms with van der Waals surface area (Å²) in [7, 11) is 0. The smallest absolute Gasteiger partial charge is 0.229 e. The van der Waals surface area contributed by atoms with Gasteiger partial charge in [0.25, 0.3) is 0 Å². The van der Waals surface area contributed by atoms with Crippen LogP contribution in [0.25, 0.3) is 0 Å². The fourth-order valence-electron chi connectivity index (χ4n) is 5.16. The molecule has 2 aromatic rings. The van der Waals surface area contributed by atoms with Crippen LogP contribution in [0, 0.1) is 23.0 Å². The predicted molar refractivity (Wildman–Crippen MR) is 141 cm³/mol. The van der Waals surface area contributed by atoms with Crippen molar-refractivity contribution < 1.29 is 23.5 Å². The van der Waals surface area contributed by atoms with E-state index in [1.54, 1.807) is 37.3 Å². The fraction of sp³-hybridized carbons (Fsp3) is 0.500. The molecule has 1 aliphatic carbocycles. The van der Waals surface area contributed by atoms with E-state index in [0.29, 0.717) is 36.5 Å². The molecule has 4 N–H and O–H groups in total. The molecule has 2 fully saturated rings. The molecule has 1 saturated carbocycles. The van der Waals surface area contributed by atoms with Crippen LogP contribution >= 0.6 is 11.6 Å². The second-order valence-electron chi connectivity index (χ2n) is 11.4. The first kappa shape index (κ1) is 29.0. The zero-order chi connectivity index (χ0) is 27.4. The molecule has 1 saturated heterocycles. The van der Waals surface area contributed by atoms with Gasteiger partial charge in [0.05, 0.1) is 11.5 Å². The number of carbonyl (C=O) groups excluding carboxylic acids is 2. The Bertz CT molecular complexity index is 1100.